The molecule has 90 valence electrons. The van der Waals surface area contributed by atoms with Crippen molar-refractivity contribution >= 4 is 16.5 Å². The normalized spacial score (nSPS) is 10.5. The highest BCUT2D eigenvalue weighted by molar-refractivity contribution is 7.15. The third kappa shape index (κ3) is 3.54. The van der Waals surface area contributed by atoms with Crippen molar-refractivity contribution in [2.45, 2.75) is 13.1 Å². The van der Waals surface area contributed by atoms with Crippen molar-refractivity contribution in [2.75, 3.05) is 19.0 Å². The number of hydrogen-bond acceptors (Lipinski definition) is 4. The SMILES string of the molecule is CN(C)c1ncc(CNCc2ccccc2)s1. The second-order valence-corrected chi connectivity index (χ2v) is 5.19. The molecular weight excluding hydrogens is 230 g/mol. The van der Waals surface area contributed by atoms with Gasteiger partial charge in [0.25, 0.3) is 0 Å². The van der Waals surface area contributed by atoms with Crippen LogP contribution in [0.2, 0.25) is 0 Å². The van der Waals surface area contributed by atoms with Crippen LogP contribution in [-0.2, 0) is 13.1 Å². The summed E-state index contributed by atoms with van der Waals surface area (Å²) in [6, 6.07) is 10.4. The van der Waals surface area contributed by atoms with Crippen molar-refractivity contribution in [1.82, 2.24) is 10.3 Å². The standard InChI is InChI=1S/C13H17N3S/c1-16(2)13-15-10-12(17-13)9-14-8-11-6-4-3-5-7-11/h3-7,10,14H,8-9H2,1-2H3. The summed E-state index contributed by atoms with van der Waals surface area (Å²) in [5.74, 6) is 0. The highest BCUT2D eigenvalue weighted by atomic mass is 32.1. The maximum atomic E-state index is 4.35. The molecule has 1 aromatic heterocycles. The molecule has 0 aliphatic carbocycles. The van der Waals surface area contributed by atoms with Crippen LogP contribution < -0.4 is 10.2 Å². The summed E-state index contributed by atoms with van der Waals surface area (Å²) in [7, 11) is 4.03. The Morgan fingerprint density at radius 3 is 2.59 bits per heavy atom. The minimum absolute atomic E-state index is 0.875. The van der Waals surface area contributed by atoms with E-state index in [4.69, 9.17) is 0 Å². The maximum absolute atomic E-state index is 4.35. The van der Waals surface area contributed by atoms with Gasteiger partial charge in [-0.25, -0.2) is 4.98 Å². The van der Waals surface area contributed by atoms with Crippen LogP contribution in [0.15, 0.2) is 36.5 Å². The molecule has 1 N–H and O–H groups in total. The molecule has 4 heteroatoms. The minimum atomic E-state index is 0.875. The number of nitrogens with zero attached hydrogens (tertiary/aromatic N) is 2. The van der Waals surface area contributed by atoms with Crippen LogP contribution in [0, 0.1) is 0 Å². The van der Waals surface area contributed by atoms with Crippen molar-refractivity contribution in [3.8, 4) is 0 Å². The average Bonchev–Trinajstić information content (AvgIpc) is 2.79. The zero-order valence-corrected chi connectivity index (χ0v) is 11.0. The molecule has 0 saturated heterocycles. The Hall–Kier alpha value is -1.39. The highest BCUT2D eigenvalue weighted by Crippen LogP contribution is 2.19. The molecule has 0 radical (unpaired) electrons. The Morgan fingerprint density at radius 2 is 1.94 bits per heavy atom. The quantitative estimate of drug-likeness (QED) is 0.880. The first-order chi connectivity index (χ1) is 8.25. The number of benzene rings is 1. The fourth-order valence-corrected chi connectivity index (χ4v) is 2.31. The molecule has 0 fully saturated rings. The summed E-state index contributed by atoms with van der Waals surface area (Å²) in [5.41, 5.74) is 1.31. The van der Waals surface area contributed by atoms with Crippen molar-refractivity contribution < 1.29 is 0 Å². The lowest BCUT2D eigenvalue weighted by molar-refractivity contribution is 0.700. The van der Waals surface area contributed by atoms with Crippen LogP contribution in [0.3, 0.4) is 0 Å². The van der Waals surface area contributed by atoms with E-state index in [0.29, 0.717) is 0 Å². The summed E-state index contributed by atoms with van der Waals surface area (Å²) in [6.45, 7) is 1.77. The Morgan fingerprint density at radius 1 is 1.18 bits per heavy atom. The van der Waals surface area contributed by atoms with E-state index in [1.165, 1.54) is 10.4 Å². The van der Waals surface area contributed by atoms with Gasteiger partial charge in [-0.2, -0.15) is 0 Å². The summed E-state index contributed by atoms with van der Waals surface area (Å²) in [6.07, 6.45) is 1.94. The van der Waals surface area contributed by atoms with Crippen LogP contribution in [-0.4, -0.2) is 19.1 Å². The first-order valence-corrected chi connectivity index (χ1v) is 6.44. The van der Waals surface area contributed by atoms with Crippen molar-refractivity contribution in [2.24, 2.45) is 0 Å². The number of nitrogens with one attached hydrogen (secondary N) is 1. The molecule has 2 rings (SSSR count). The van der Waals surface area contributed by atoms with Gasteiger partial charge in [0, 0.05) is 38.3 Å². The van der Waals surface area contributed by atoms with Gasteiger partial charge in [-0.1, -0.05) is 30.3 Å². The Kier molecular flexibility index (Phi) is 4.12. The molecule has 17 heavy (non-hydrogen) atoms. The van der Waals surface area contributed by atoms with Crippen molar-refractivity contribution in [1.29, 1.82) is 0 Å². The van der Waals surface area contributed by atoms with E-state index in [9.17, 15) is 0 Å². The van der Waals surface area contributed by atoms with Gasteiger partial charge in [0.05, 0.1) is 0 Å². The predicted molar refractivity (Wildman–Crippen MR) is 73.4 cm³/mol. The molecule has 0 aliphatic rings. The van der Waals surface area contributed by atoms with Gasteiger partial charge < -0.3 is 10.2 Å². The van der Waals surface area contributed by atoms with Gasteiger partial charge in [0.15, 0.2) is 5.13 Å². The first kappa shape index (κ1) is 12.1. The molecule has 0 atom stereocenters. The van der Waals surface area contributed by atoms with Crippen LogP contribution in [0.1, 0.15) is 10.4 Å². The Bertz CT molecular complexity index is 451. The lowest BCUT2D eigenvalue weighted by Gasteiger charge is -2.05. The monoisotopic (exact) mass is 247 g/mol. The fraction of sp³-hybridized carbons (Fsp3) is 0.308. The van der Waals surface area contributed by atoms with Crippen molar-refractivity contribution in [3.63, 3.8) is 0 Å². The smallest absolute Gasteiger partial charge is 0.185 e. The number of aromatic nitrogens is 1. The van der Waals surface area contributed by atoms with Gasteiger partial charge in [-0.05, 0) is 5.56 Å². The Labute approximate surface area is 106 Å². The fourth-order valence-electron chi connectivity index (χ4n) is 1.51. The number of hydrogen-bond donors (Lipinski definition) is 1. The first-order valence-electron chi connectivity index (χ1n) is 5.62. The van der Waals surface area contributed by atoms with Gasteiger partial charge in [-0.3, -0.25) is 0 Å². The predicted octanol–water partition coefficient (Wildman–Crippen LogP) is 2.50. The third-order valence-electron chi connectivity index (χ3n) is 2.40. The Balaban J connectivity index is 1.82. The van der Waals surface area contributed by atoms with Crippen LogP contribution in [0.25, 0.3) is 0 Å². The van der Waals surface area contributed by atoms with E-state index in [1.54, 1.807) is 11.3 Å². The number of rotatable bonds is 5. The molecule has 2 aromatic rings. The lowest BCUT2D eigenvalue weighted by Crippen LogP contribution is -2.11. The summed E-state index contributed by atoms with van der Waals surface area (Å²) < 4.78 is 0. The van der Waals surface area contributed by atoms with Gasteiger partial charge in [0.1, 0.15) is 0 Å². The molecular formula is C13H17N3S. The molecule has 0 spiro atoms. The maximum Gasteiger partial charge on any atom is 0.185 e. The minimum Gasteiger partial charge on any atom is -0.354 e. The lowest BCUT2D eigenvalue weighted by atomic mass is 10.2. The van der Waals surface area contributed by atoms with Crippen LogP contribution >= 0.6 is 11.3 Å². The van der Waals surface area contributed by atoms with Crippen molar-refractivity contribution in [3.05, 3.63) is 47.0 Å². The van der Waals surface area contributed by atoms with E-state index in [-0.39, 0.29) is 0 Å². The second-order valence-electron chi connectivity index (χ2n) is 4.09. The van der Waals surface area contributed by atoms with Gasteiger partial charge in [0.2, 0.25) is 0 Å². The van der Waals surface area contributed by atoms with E-state index in [1.807, 2.05) is 31.3 Å². The molecule has 0 unspecified atom stereocenters. The van der Waals surface area contributed by atoms with Gasteiger partial charge in [-0.15, -0.1) is 11.3 Å². The molecule has 3 nitrogen and oxygen atoms in total. The molecule has 1 aromatic carbocycles. The number of thiazole rings is 1. The molecule has 0 saturated carbocycles. The number of anilines is 1. The molecule has 1 heterocycles. The molecule has 0 amide bonds. The molecule has 0 aliphatic heterocycles. The van der Waals surface area contributed by atoms with E-state index in [0.717, 1.165) is 18.2 Å². The summed E-state index contributed by atoms with van der Waals surface area (Å²) in [5, 5.41) is 4.48. The second kappa shape index (κ2) is 5.80. The average molecular weight is 247 g/mol. The van der Waals surface area contributed by atoms with E-state index in [2.05, 4.69) is 34.6 Å². The largest absolute Gasteiger partial charge is 0.354 e. The van der Waals surface area contributed by atoms with E-state index < -0.39 is 0 Å². The topological polar surface area (TPSA) is 28.2 Å². The van der Waals surface area contributed by atoms with Crippen LogP contribution in [0.4, 0.5) is 5.13 Å². The molecule has 0 bridgehead atoms. The zero-order valence-electron chi connectivity index (χ0n) is 10.2. The van der Waals surface area contributed by atoms with Crippen LogP contribution in [0.5, 0.6) is 0 Å². The zero-order chi connectivity index (χ0) is 12.1. The third-order valence-corrected chi connectivity index (χ3v) is 3.56. The summed E-state index contributed by atoms with van der Waals surface area (Å²) in [4.78, 5) is 7.65. The summed E-state index contributed by atoms with van der Waals surface area (Å²) >= 11 is 1.73. The highest BCUT2D eigenvalue weighted by Gasteiger charge is 2.02. The van der Waals surface area contributed by atoms with E-state index >= 15 is 0 Å². The van der Waals surface area contributed by atoms with Gasteiger partial charge >= 0.3 is 0 Å².